The van der Waals surface area contributed by atoms with Crippen LogP contribution in [0, 0.1) is 0 Å². The summed E-state index contributed by atoms with van der Waals surface area (Å²) in [5.41, 5.74) is 0. The Hall–Kier alpha value is -1.77. The van der Waals surface area contributed by atoms with Gasteiger partial charge in [-0.15, -0.1) is 0 Å². The Morgan fingerprint density at radius 3 is 2.24 bits per heavy atom. The van der Waals surface area contributed by atoms with Gasteiger partial charge in [0, 0.05) is 5.30 Å². The average molecular weight is 250 g/mol. The molecule has 5 heteroatoms. The molecule has 88 valence electrons. The van der Waals surface area contributed by atoms with Crippen molar-refractivity contribution in [1.29, 1.82) is 0 Å². The Morgan fingerprint density at radius 1 is 0.941 bits per heavy atom. The predicted octanol–water partition coefficient (Wildman–Crippen LogP) is 1.32. The molecule has 0 aliphatic carbocycles. The molecule has 0 aromatic heterocycles. The standard InChI is InChI=1S/C12H11O4P/c13-9-6-7-11(14)12(8-9)17(15,16)10-4-2-1-3-5-10/h1-8,13-14H,(H,15,16). The van der Waals surface area contributed by atoms with Crippen LogP contribution in [0.5, 0.6) is 11.5 Å². The Bertz CT molecular complexity index is 580. The lowest BCUT2D eigenvalue weighted by molar-refractivity contribution is 0.459. The SMILES string of the molecule is O=P(O)(c1ccccc1)c1cc(O)ccc1O. The summed E-state index contributed by atoms with van der Waals surface area (Å²) < 4.78 is 12.3. The summed E-state index contributed by atoms with van der Waals surface area (Å²) in [4.78, 5) is 10.0. The number of phenolic OH excluding ortho intramolecular Hbond substituents is 2. The number of benzene rings is 2. The molecule has 0 bridgehead atoms. The molecule has 0 amide bonds. The van der Waals surface area contributed by atoms with E-state index in [1.54, 1.807) is 18.2 Å². The highest BCUT2D eigenvalue weighted by Crippen LogP contribution is 2.41. The maximum absolute atomic E-state index is 12.3. The van der Waals surface area contributed by atoms with Gasteiger partial charge in [0.05, 0.1) is 5.30 Å². The molecule has 0 radical (unpaired) electrons. The van der Waals surface area contributed by atoms with Crippen LogP contribution in [0.4, 0.5) is 0 Å². The molecule has 0 aliphatic heterocycles. The van der Waals surface area contributed by atoms with Crippen molar-refractivity contribution in [2.45, 2.75) is 0 Å². The molecule has 0 fully saturated rings. The third kappa shape index (κ3) is 2.18. The second kappa shape index (κ2) is 4.24. The number of phenols is 2. The minimum Gasteiger partial charge on any atom is -0.508 e. The highest BCUT2D eigenvalue weighted by atomic mass is 31.2. The van der Waals surface area contributed by atoms with Crippen LogP contribution >= 0.6 is 7.37 Å². The maximum Gasteiger partial charge on any atom is 0.262 e. The Balaban J connectivity index is 2.60. The number of hydrogen-bond donors (Lipinski definition) is 3. The summed E-state index contributed by atoms with van der Waals surface area (Å²) in [6.07, 6.45) is 0. The predicted molar refractivity (Wildman–Crippen MR) is 65.3 cm³/mol. The maximum atomic E-state index is 12.3. The normalized spacial score (nSPS) is 14.2. The van der Waals surface area contributed by atoms with Crippen LogP contribution in [0.15, 0.2) is 48.5 Å². The number of rotatable bonds is 2. The highest BCUT2D eigenvalue weighted by Gasteiger charge is 2.27. The van der Waals surface area contributed by atoms with Crippen molar-refractivity contribution in [1.82, 2.24) is 0 Å². The molecule has 3 N–H and O–H groups in total. The van der Waals surface area contributed by atoms with Crippen molar-refractivity contribution in [3.05, 3.63) is 48.5 Å². The van der Waals surface area contributed by atoms with Crippen molar-refractivity contribution in [3.8, 4) is 11.5 Å². The van der Waals surface area contributed by atoms with Gasteiger partial charge in [-0.25, -0.2) is 0 Å². The summed E-state index contributed by atoms with van der Waals surface area (Å²) in [6.45, 7) is 0. The van der Waals surface area contributed by atoms with Crippen molar-refractivity contribution < 1.29 is 19.7 Å². The molecule has 4 nitrogen and oxygen atoms in total. The average Bonchev–Trinajstić information content (AvgIpc) is 2.33. The van der Waals surface area contributed by atoms with Crippen LogP contribution in [0.3, 0.4) is 0 Å². The quantitative estimate of drug-likeness (QED) is 0.555. The smallest absolute Gasteiger partial charge is 0.262 e. The first kappa shape index (κ1) is 11.7. The first-order chi connectivity index (χ1) is 8.01. The van der Waals surface area contributed by atoms with Crippen LogP contribution in [-0.4, -0.2) is 15.1 Å². The van der Waals surface area contributed by atoms with Gasteiger partial charge in [-0.2, -0.15) is 0 Å². The lowest BCUT2D eigenvalue weighted by Gasteiger charge is -2.13. The Labute approximate surface area is 98.2 Å². The van der Waals surface area contributed by atoms with Crippen LogP contribution < -0.4 is 10.6 Å². The molecule has 0 spiro atoms. The molecule has 0 saturated heterocycles. The second-order valence-corrected chi connectivity index (χ2v) is 5.73. The van der Waals surface area contributed by atoms with E-state index >= 15 is 0 Å². The zero-order valence-electron chi connectivity index (χ0n) is 8.82. The first-order valence-electron chi connectivity index (χ1n) is 4.93. The van der Waals surface area contributed by atoms with Crippen LogP contribution in [-0.2, 0) is 4.57 Å². The van der Waals surface area contributed by atoms with E-state index in [9.17, 15) is 19.7 Å². The van der Waals surface area contributed by atoms with Gasteiger partial charge in [0.25, 0.3) is 7.37 Å². The van der Waals surface area contributed by atoms with Gasteiger partial charge in [-0.3, -0.25) is 4.57 Å². The molecule has 0 heterocycles. The van der Waals surface area contributed by atoms with Crippen LogP contribution in [0.25, 0.3) is 0 Å². The van der Waals surface area contributed by atoms with E-state index in [4.69, 9.17) is 0 Å². The molecule has 0 aliphatic rings. The minimum atomic E-state index is -3.87. The van der Waals surface area contributed by atoms with E-state index in [0.717, 1.165) is 6.07 Å². The minimum absolute atomic E-state index is 0.163. The summed E-state index contributed by atoms with van der Waals surface area (Å²) in [5, 5.41) is 18.9. The van der Waals surface area contributed by atoms with Gasteiger partial charge in [0.15, 0.2) is 0 Å². The van der Waals surface area contributed by atoms with E-state index < -0.39 is 7.37 Å². The van der Waals surface area contributed by atoms with Crippen molar-refractivity contribution >= 4 is 18.0 Å². The molecule has 2 aromatic rings. The molecular weight excluding hydrogens is 239 g/mol. The third-order valence-corrected chi connectivity index (χ3v) is 4.40. The lowest BCUT2D eigenvalue weighted by Crippen LogP contribution is -2.15. The monoisotopic (exact) mass is 250 g/mol. The van der Waals surface area contributed by atoms with E-state index in [0.29, 0.717) is 0 Å². The molecule has 1 unspecified atom stereocenters. The van der Waals surface area contributed by atoms with Crippen LogP contribution in [0.2, 0.25) is 0 Å². The van der Waals surface area contributed by atoms with Crippen molar-refractivity contribution in [3.63, 3.8) is 0 Å². The zero-order chi connectivity index (χ0) is 12.5. The molecule has 1 atom stereocenters. The van der Waals surface area contributed by atoms with Crippen LogP contribution in [0.1, 0.15) is 0 Å². The summed E-state index contributed by atoms with van der Waals surface area (Å²) in [6, 6.07) is 11.6. The molecular formula is C12H11O4P. The second-order valence-electron chi connectivity index (χ2n) is 3.58. The third-order valence-electron chi connectivity index (χ3n) is 2.39. The fourth-order valence-corrected chi connectivity index (χ4v) is 3.07. The summed E-state index contributed by atoms with van der Waals surface area (Å²) in [7, 11) is -3.87. The fraction of sp³-hybridized carbons (Fsp3) is 0. The van der Waals surface area contributed by atoms with Gasteiger partial charge in [0.2, 0.25) is 0 Å². The number of hydrogen-bond acceptors (Lipinski definition) is 3. The van der Waals surface area contributed by atoms with Gasteiger partial charge in [-0.1, -0.05) is 18.2 Å². The van der Waals surface area contributed by atoms with Crippen molar-refractivity contribution in [2.24, 2.45) is 0 Å². The Morgan fingerprint density at radius 2 is 1.59 bits per heavy atom. The topological polar surface area (TPSA) is 77.8 Å². The van der Waals surface area contributed by atoms with Gasteiger partial charge in [0.1, 0.15) is 11.5 Å². The molecule has 2 rings (SSSR count). The summed E-state index contributed by atoms with van der Waals surface area (Å²) >= 11 is 0. The molecule has 0 saturated carbocycles. The molecule has 2 aromatic carbocycles. The van der Waals surface area contributed by atoms with Gasteiger partial charge < -0.3 is 15.1 Å². The van der Waals surface area contributed by atoms with E-state index in [2.05, 4.69) is 0 Å². The highest BCUT2D eigenvalue weighted by molar-refractivity contribution is 7.73. The van der Waals surface area contributed by atoms with E-state index in [-0.39, 0.29) is 22.1 Å². The largest absolute Gasteiger partial charge is 0.508 e. The fourth-order valence-electron chi connectivity index (χ4n) is 1.52. The lowest BCUT2D eigenvalue weighted by atomic mass is 10.3. The zero-order valence-corrected chi connectivity index (χ0v) is 9.71. The van der Waals surface area contributed by atoms with Gasteiger partial charge >= 0.3 is 0 Å². The Kier molecular flexibility index (Phi) is 2.92. The van der Waals surface area contributed by atoms with E-state index in [1.165, 1.54) is 24.3 Å². The molecule has 17 heavy (non-hydrogen) atoms. The first-order valence-corrected chi connectivity index (χ1v) is 6.59. The van der Waals surface area contributed by atoms with Gasteiger partial charge in [-0.05, 0) is 30.3 Å². The summed E-state index contributed by atoms with van der Waals surface area (Å²) in [5.74, 6) is -0.472. The number of aromatic hydroxyl groups is 2. The van der Waals surface area contributed by atoms with E-state index in [1.807, 2.05) is 0 Å². The van der Waals surface area contributed by atoms with Crippen molar-refractivity contribution in [2.75, 3.05) is 0 Å².